The molecule has 0 amide bonds. The molecule has 1 aliphatic rings. The van der Waals surface area contributed by atoms with Crippen LogP contribution in [-0.2, 0) is 22.6 Å². The van der Waals surface area contributed by atoms with E-state index in [4.69, 9.17) is 4.74 Å². The molecule has 1 fully saturated rings. The third-order valence-electron chi connectivity index (χ3n) is 6.74. The molecule has 0 spiro atoms. The Bertz CT molecular complexity index is 1060. The highest BCUT2D eigenvalue weighted by Crippen LogP contribution is 2.33. The largest absolute Gasteiger partial charge is 0.460 e. The molecule has 0 saturated carbocycles. The van der Waals surface area contributed by atoms with E-state index < -0.39 is 5.60 Å². The first-order valence-electron chi connectivity index (χ1n) is 12.6. The molecule has 3 aromatic carbocycles. The van der Waals surface area contributed by atoms with Crippen molar-refractivity contribution in [2.24, 2.45) is 5.92 Å². The van der Waals surface area contributed by atoms with Crippen LogP contribution in [0.2, 0.25) is 0 Å². The highest BCUT2D eigenvalue weighted by atomic mass is 16.6. The van der Waals surface area contributed by atoms with Crippen LogP contribution in [0.4, 0.5) is 0 Å². The fraction of sp³-hybridized carbons (Fsp3) is 0.387. The normalized spacial score (nSPS) is 19.6. The molecule has 0 radical (unpaired) electrons. The molecule has 3 aromatic rings. The molecule has 4 heteroatoms. The van der Waals surface area contributed by atoms with E-state index in [0.29, 0.717) is 6.54 Å². The topological polar surface area (TPSA) is 32.8 Å². The zero-order chi connectivity index (χ0) is 24.8. The van der Waals surface area contributed by atoms with Gasteiger partial charge >= 0.3 is 5.97 Å². The monoisotopic (exact) mass is 470 g/mol. The molecule has 1 heterocycles. The van der Waals surface area contributed by atoms with Crippen molar-refractivity contribution in [3.05, 3.63) is 108 Å². The lowest BCUT2D eigenvalue weighted by atomic mass is 9.96. The summed E-state index contributed by atoms with van der Waals surface area (Å²) in [6.45, 7) is 11.2. The minimum Gasteiger partial charge on any atom is -0.460 e. The minimum absolute atomic E-state index is 0.0453. The first-order chi connectivity index (χ1) is 16.8. The lowest BCUT2D eigenvalue weighted by Crippen LogP contribution is -2.45. The quantitative estimate of drug-likeness (QED) is 0.373. The van der Waals surface area contributed by atoms with Crippen molar-refractivity contribution >= 4 is 5.97 Å². The zero-order valence-corrected chi connectivity index (χ0v) is 21.4. The number of likely N-dealkylation sites (tertiary alicyclic amines) is 1. The molecule has 4 nitrogen and oxygen atoms in total. The molecule has 0 unspecified atom stereocenters. The molecule has 0 N–H and O–H groups in total. The van der Waals surface area contributed by atoms with Gasteiger partial charge in [-0.3, -0.25) is 14.6 Å². The van der Waals surface area contributed by atoms with E-state index in [2.05, 4.69) is 102 Å². The number of hydrogen-bond acceptors (Lipinski definition) is 4. The predicted molar refractivity (Wildman–Crippen MR) is 142 cm³/mol. The van der Waals surface area contributed by atoms with Crippen molar-refractivity contribution in [3.8, 4) is 0 Å². The van der Waals surface area contributed by atoms with Gasteiger partial charge in [0, 0.05) is 38.3 Å². The summed E-state index contributed by atoms with van der Waals surface area (Å²) in [5, 5.41) is 0. The second kappa shape index (κ2) is 11.2. The van der Waals surface area contributed by atoms with Crippen LogP contribution in [0.25, 0.3) is 0 Å². The number of ether oxygens (including phenoxy) is 1. The molecular weight excluding hydrogens is 432 g/mol. The van der Waals surface area contributed by atoms with Crippen LogP contribution < -0.4 is 0 Å². The van der Waals surface area contributed by atoms with Crippen LogP contribution in [0.15, 0.2) is 91.0 Å². The van der Waals surface area contributed by atoms with E-state index in [1.165, 1.54) is 16.7 Å². The van der Waals surface area contributed by atoms with Gasteiger partial charge < -0.3 is 4.74 Å². The molecule has 35 heavy (non-hydrogen) atoms. The second-order valence-corrected chi connectivity index (χ2v) is 10.6. The van der Waals surface area contributed by atoms with Crippen molar-refractivity contribution < 1.29 is 9.53 Å². The maximum Gasteiger partial charge on any atom is 0.312 e. The lowest BCUT2D eigenvalue weighted by Gasteiger charge is -2.37. The smallest absolute Gasteiger partial charge is 0.312 e. The van der Waals surface area contributed by atoms with Crippen LogP contribution >= 0.6 is 0 Å². The fourth-order valence-corrected chi connectivity index (χ4v) is 5.04. The van der Waals surface area contributed by atoms with E-state index in [-0.39, 0.29) is 24.0 Å². The predicted octanol–water partition coefficient (Wildman–Crippen LogP) is 6.09. The number of rotatable bonds is 8. The van der Waals surface area contributed by atoms with E-state index in [1.54, 1.807) is 0 Å². The number of esters is 1. The van der Waals surface area contributed by atoms with Gasteiger partial charge in [-0.25, -0.2) is 0 Å². The molecule has 1 saturated heterocycles. The van der Waals surface area contributed by atoms with Gasteiger partial charge in [-0.05, 0) is 44.4 Å². The van der Waals surface area contributed by atoms with E-state index in [0.717, 1.165) is 19.6 Å². The summed E-state index contributed by atoms with van der Waals surface area (Å²) in [6.07, 6.45) is 0. The van der Waals surface area contributed by atoms with Gasteiger partial charge in [-0.1, -0.05) is 91.0 Å². The molecule has 0 aliphatic carbocycles. The Morgan fingerprint density at radius 3 is 2.00 bits per heavy atom. The van der Waals surface area contributed by atoms with Crippen LogP contribution in [0.1, 0.15) is 50.4 Å². The molecular formula is C31H38N2O2. The van der Waals surface area contributed by atoms with Gasteiger partial charge in [0.05, 0.1) is 5.92 Å². The second-order valence-electron chi connectivity index (χ2n) is 10.6. The number of hydrogen-bond donors (Lipinski definition) is 0. The SMILES string of the molecule is C[C@@H](c1ccccc1)N(Cc1ccccc1)[C@H]1CN(Cc2ccccc2)C[C@H]1C(=O)OC(C)(C)C. The first-order valence-corrected chi connectivity index (χ1v) is 12.6. The average molecular weight is 471 g/mol. The van der Waals surface area contributed by atoms with Gasteiger partial charge in [0.2, 0.25) is 0 Å². The number of carbonyl (C=O) groups is 1. The van der Waals surface area contributed by atoms with E-state index in [9.17, 15) is 4.79 Å². The Morgan fingerprint density at radius 2 is 1.43 bits per heavy atom. The highest BCUT2D eigenvalue weighted by Gasteiger charge is 2.44. The fourth-order valence-electron chi connectivity index (χ4n) is 5.04. The van der Waals surface area contributed by atoms with Crippen LogP contribution in [0, 0.1) is 5.92 Å². The van der Waals surface area contributed by atoms with Crippen molar-refractivity contribution in [3.63, 3.8) is 0 Å². The Balaban J connectivity index is 1.66. The lowest BCUT2D eigenvalue weighted by molar-refractivity contribution is -0.161. The Hall–Kier alpha value is -2.95. The first kappa shape index (κ1) is 25.2. The van der Waals surface area contributed by atoms with Crippen LogP contribution in [-0.4, -0.2) is 40.5 Å². The third-order valence-corrected chi connectivity index (χ3v) is 6.74. The van der Waals surface area contributed by atoms with E-state index >= 15 is 0 Å². The van der Waals surface area contributed by atoms with Crippen LogP contribution in [0.5, 0.6) is 0 Å². The Morgan fingerprint density at radius 1 is 0.886 bits per heavy atom. The van der Waals surface area contributed by atoms with Gasteiger partial charge in [-0.15, -0.1) is 0 Å². The summed E-state index contributed by atoms with van der Waals surface area (Å²) in [4.78, 5) is 18.4. The molecule has 3 atom stereocenters. The standard InChI is InChI=1S/C31H38N2O2/c1-24(27-18-12-7-13-19-27)33(21-26-16-10-6-11-17-26)29-23-32(20-25-14-8-5-9-15-25)22-28(29)30(34)35-31(2,3)4/h5-19,24,28-29H,20-23H2,1-4H3/t24-,28+,29-/m0/s1. The number of benzene rings is 3. The van der Waals surface area contributed by atoms with Gasteiger partial charge in [0.1, 0.15) is 5.60 Å². The van der Waals surface area contributed by atoms with Crippen molar-refractivity contribution in [2.45, 2.75) is 58.5 Å². The highest BCUT2D eigenvalue weighted by molar-refractivity contribution is 5.74. The Kier molecular flexibility index (Phi) is 8.04. The molecule has 1 aliphatic heterocycles. The van der Waals surface area contributed by atoms with Gasteiger partial charge in [0.25, 0.3) is 0 Å². The van der Waals surface area contributed by atoms with E-state index in [1.807, 2.05) is 26.8 Å². The number of carbonyl (C=O) groups excluding carboxylic acids is 1. The Labute approximate surface area is 210 Å². The summed E-state index contributed by atoms with van der Waals surface area (Å²) >= 11 is 0. The van der Waals surface area contributed by atoms with Crippen LogP contribution in [0.3, 0.4) is 0 Å². The third kappa shape index (κ3) is 6.81. The van der Waals surface area contributed by atoms with Crippen molar-refractivity contribution in [2.75, 3.05) is 13.1 Å². The summed E-state index contributed by atoms with van der Waals surface area (Å²) < 4.78 is 5.94. The van der Waals surface area contributed by atoms with Crippen molar-refractivity contribution in [1.82, 2.24) is 9.80 Å². The number of nitrogens with zero attached hydrogens (tertiary/aromatic N) is 2. The summed E-state index contributed by atoms with van der Waals surface area (Å²) in [5.41, 5.74) is 3.26. The summed E-state index contributed by atoms with van der Waals surface area (Å²) in [7, 11) is 0. The zero-order valence-electron chi connectivity index (χ0n) is 21.4. The molecule has 184 valence electrons. The summed E-state index contributed by atoms with van der Waals surface area (Å²) in [5.74, 6) is -0.316. The maximum absolute atomic E-state index is 13.5. The van der Waals surface area contributed by atoms with Gasteiger partial charge in [-0.2, -0.15) is 0 Å². The molecule has 0 aromatic heterocycles. The molecule has 0 bridgehead atoms. The maximum atomic E-state index is 13.5. The minimum atomic E-state index is -0.510. The average Bonchev–Trinajstić information content (AvgIpc) is 3.26. The van der Waals surface area contributed by atoms with Crippen molar-refractivity contribution in [1.29, 1.82) is 0 Å². The summed E-state index contributed by atoms with van der Waals surface area (Å²) in [6, 6.07) is 31.9. The molecule has 4 rings (SSSR count). The van der Waals surface area contributed by atoms with Gasteiger partial charge in [0.15, 0.2) is 0 Å².